The topological polar surface area (TPSA) is 49.5 Å². The predicted molar refractivity (Wildman–Crippen MR) is 59.1 cm³/mol. The minimum atomic E-state index is -0.316. The van der Waals surface area contributed by atoms with Gasteiger partial charge in [0, 0.05) is 25.7 Å². The van der Waals surface area contributed by atoms with E-state index in [0.717, 1.165) is 25.6 Å². The van der Waals surface area contributed by atoms with Crippen molar-refractivity contribution in [2.45, 2.75) is 45.3 Å². The lowest BCUT2D eigenvalue weighted by molar-refractivity contribution is 0.139. The van der Waals surface area contributed by atoms with Crippen molar-refractivity contribution in [2.75, 3.05) is 19.6 Å². The van der Waals surface area contributed by atoms with E-state index >= 15 is 0 Å². The van der Waals surface area contributed by atoms with Crippen LogP contribution in [-0.4, -0.2) is 41.8 Å². The van der Waals surface area contributed by atoms with Crippen molar-refractivity contribution in [1.82, 2.24) is 4.90 Å². The molecular weight excluding hydrogens is 176 g/mol. The van der Waals surface area contributed by atoms with Crippen LogP contribution in [0.25, 0.3) is 0 Å². The highest BCUT2D eigenvalue weighted by Gasteiger charge is 2.28. The van der Waals surface area contributed by atoms with Crippen LogP contribution in [0.1, 0.15) is 33.1 Å². The van der Waals surface area contributed by atoms with Gasteiger partial charge in [0.15, 0.2) is 0 Å². The zero-order valence-corrected chi connectivity index (χ0v) is 9.45. The molecule has 1 unspecified atom stereocenters. The van der Waals surface area contributed by atoms with Gasteiger partial charge in [-0.2, -0.15) is 0 Å². The van der Waals surface area contributed by atoms with E-state index < -0.39 is 0 Å². The first-order chi connectivity index (χ1) is 6.63. The minimum absolute atomic E-state index is 0.316. The standard InChI is InChI=1S/C11H24N2O/c1-9(2)8-13(10-3-4-10)6-5-11(14)7-12/h9-11,14H,3-8,12H2,1-2H3. The third-order valence-electron chi connectivity index (χ3n) is 2.68. The number of hydrogen-bond donors (Lipinski definition) is 2. The molecule has 14 heavy (non-hydrogen) atoms. The maximum Gasteiger partial charge on any atom is 0.0674 e. The van der Waals surface area contributed by atoms with Crippen LogP contribution in [-0.2, 0) is 0 Å². The van der Waals surface area contributed by atoms with Gasteiger partial charge in [-0.25, -0.2) is 0 Å². The zero-order chi connectivity index (χ0) is 10.6. The quantitative estimate of drug-likeness (QED) is 0.639. The second kappa shape index (κ2) is 5.69. The Morgan fingerprint density at radius 2 is 2.07 bits per heavy atom. The summed E-state index contributed by atoms with van der Waals surface area (Å²) < 4.78 is 0. The lowest BCUT2D eigenvalue weighted by Gasteiger charge is -2.24. The van der Waals surface area contributed by atoms with Crippen molar-refractivity contribution in [3.8, 4) is 0 Å². The Kier molecular flexibility index (Phi) is 4.85. The van der Waals surface area contributed by atoms with E-state index in [1.807, 2.05) is 0 Å². The lowest BCUT2D eigenvalue weighted by Crippen LogP contribution is -2.34. The lowest BCUT2D eigenvalue weighted by atomic mass is 10.2. The largest absolute Gasteiger partial charge is 0.392 e. The third-order valence-corrected chi connectivity index (χ3v) is 2.68. The first-order valence-electron chi connectivity index (χ1n) is 5.75. The summed E-state index contributed by atoms with van der Waals surface area (Å²) in [5.74, 6) is 0.714. The summed E-state index contributed by atoms with van der Waals surface area (Å²) >= 11 is 0. The van der Waals surface area contributed by atoms with E-state index in [-0.39, 0.29) is 6.10 Å². The first kappa shape index (κ1) is 12.0. The van der Waals surface area contributed by atoms with E-state index in [0.29, 0.717) is 12.5 Å². The molecule has 1 rings (SSSR count). The number of nitrogens with two attached hydrogens (primary N) is 1. The fourth-order valence-corrected chi connectivity index (χ4v) is 1.76. The monoisotopic (exact) mass is 200 g/mol. The molecule has 1 fully saturated rings. The first-order valence-corrected chi connectivity index (χ1v) is 5.75. The SMILES string of the molecule is CC(C)CN(CCC(O)CN)C1CC1. The van der Waals surface area contributed by atoms with Gasteiger partial charge < -0.3 is 15.7 Å². The van der Waals surface area contributed by atoms with Crippen molar-refractivity contribution in [3.63, 3.8) is 0 Å². The molecule has 0 radical (unpaired) electrons. The molecule has 0 aliphatic heterocycles. The molecule has 1 atom stereocenters. The number of aliphatic hydroxyl groups is 1. The highest BCUT2D eigenvalue weighted by molar-refractivity contribution is 4.85. The summed E-state index contributed by atoms with van der Waals surface area (Å²) in [7, 11) is 0. The van der Waals surface area contributed by atoms with Crippen LogP contribution in [0.4, 0.5) is 0 Å². The van der Waals surface area contributed by atoms with Gasteiger partial charge in [-0.1, -0.05) is 13.8 Å². The van der Waals surface area contributed by atoms with Gasteiger partial charge in [0.2, 0.25) is 0 Å². The van der Waals surface area contributed by atoms with Crippen LogP contribution < -0.4 is 5.73 Å². The van der Waals surface area contributed by atoms with Gasteiger partial charge in [-0.15, -0.1) is 0 Å². The Labute approximate surface area is 87.3 Å². The second-order valence-electron chi connectivity index (χ2n) is 4.80. The maximum absolute atomic E-state index is 9.39. The summed E-state index contributed by atoms with van der Waals surface area (Å²) in [5, 5.41) is 9.39. The van der Waals surface area contributed by atoms with Gasteiger partial charge in [0.1, 0.15) is 0 Å². The van der Waals surface area contributed by atoms with Crippen molar-refractivity contribution < 1.29 is 5.11 Å². The number of aliphatic hydroxyl groups excluding tert-OH is 1. The van der Waals surface area contributed by atoms with E-state index in [9.17, 15) is 5.11 Å². The Hall–Kier alpha value is -0.120. The minimum Gasteiger partial charge on any atom is -0.392 e. The van der Waals surface area contributed by atoms with Crippen LogP contribution in [0, 0.1) is 5.92 Å². The fourth-order valence-electron chi connectivity index (χ4n) is 1.76. The molecule has 1 aliphatic rings. The van der Waals surface area contributed by atoms with Crippen LogP contribution in [0.15, 0.2) is 0 Å². The average molecular weight is 200 g/mol. The molecule has 84 valence electrons. The average Bonchev–Trinajstić information content (AvgIpc) is 2.94. The van der Waals surface area contributed by atoms with E-state index in [2.05, 4.69) is 18.7 Å². The van der Waals surface area contributed by atoms with Crippen molar-refractivity contribution >= 4 is 0 Å². The number of hydrogen-bond acceptors (Lipinski definition) is 3. The van der Waals surface area contributed by atoms with Gasteiger partial charge in [-0.3, -0.25) is 0 Å². The Balaban J connectivity index is 2.21. The molecule has 0 aromatic rings. The molecule has 0 aromatic carbocycles. The Morgan fingerprint density at radius 3 is 2.50 bits per heavy atom. The van der Waals surface area contributed by atoms with Gasteiger partial charge in [0.25, 0.3) is 0 Å². The summed E-state index contributed by atoms with van der Waals surface area (Å²) in [6.07, 6.45) is 3.18. The number of rotatable bonds is 7. The van der Waals surface area contributed by atoms with Crippen LogP contribution in [0.5, 0.6) is 0 Å². The Morgan fingerprint density at radius 1 is 1.43 bits per heavy atom. The highest BCUT2D eigenvalue weighted by Crippen LogP contribution is 2.27. The third kappa shape index (κ3) is 4.40. The van der Waals surface area contributed by atoms with Crippen molar-refractivity contribution in [3.05, 3.63) is 0 Å². The summed E-state index contributed by atoms with van der Waals surface area (Å²) in [4.78, 5) is 2.50. The molecule has 1 aliphatic carbocycles. The number of nitrogens with zero attached hydrogens (tertiary/aromatic N) is 1. The molecule has 0 saturated heterocycles. The summed E-state index contributed by atoms with van der Waals surface area (Å²) in [6, 6.07) is 0.794. The fraction of sp³-hybridized carbons (Fsp3) is 1.00. The van der Waals surface area contributed by atoms with E-state index in [1.54, 1.807) is 0 Å². The van der Waals surface area contributed by atoms with Crippen molar-refractivity contribution in [1.29, 1.82) is 0 Å². The predicted octanol–water partition coefficient (Wildman–Crippen LogP) is 0.817. The molecule has 0 aromatic heterocycles. The highest BCUT2D eigenvalue weighted by atomic mass is 16.3. The Bertz CT molecular complexity index is 157. The van der Waals surface area contributed by atoms with E-state index in [4.69, 9.17) is 5.73 Å². The molecule has 1 saturated carbocycles. The van der Waals surface area contributed by atoms with Crippen LogP contribution in [0.3, 0.4) is 0 Å². The summed E-state index contributed by atoms with van der Waals surface area (Å²) in [5.41, 5.74) is 5.38. The smallest absolute Gasteiger partial charge is 0.0674 e. The van der Waals surface area contributed by atoms with Crippen LogP contribution >= 0.6 is 0 Å². The molecule has 3 nitrogen and oxygen atoms in total. The van der Waals surface area contributed by atoms with Crippen molar-refractivity contribution in [2.24, 2.45) is 11.7 Å². The molecule has 0 bridgehead atoms. The van der Waals surface area contributed by atoms with E-state index in [1.165, 1.54) is 12.8 Å². The molecule has 0 amide bonds. The molecular formula is C11H24N2O. The normalized spacial score (nSPS) is 19.3. The zero-order valence-electron chi connectivity index (χ0n) is 9.45. The van der Waals surface area contributed by atoms with Crippen LogP contribution in [0.2, 0.25) is 0 Å². The molecule has 3 N–H and O–H groups in total. The van der Waals surface area contributed by atoms with Gasteiger partial charge in [-0.05, 0) is 25.2 Å². The van der Waals surface area contributed by atoms with Gasteiger partial charge in [0.05, 0.1) is 6.10 Å². The maximum atomic E-state index is 9.39. The second-order valence-corrected chi connectivity index (χ2v) is 4.80. The molecule has 3 heteroatoms. The van der Waals surface area contributed by atoms with Gasteiger partial charge >= 0.3 is 0 Å². The molecule has 0 spiro atoms. The summed E-state index contributed by atoms with van der Waals surface area (Å²) in [6.45, 7) is 7.03. The molecule has 0 heterocycles.